The predicted octanol–water partition coefficient (Wildman–Crippen LogP) is 2.55. The number of benzene rings is 1. The van der Waals surface area contributed by atoms with E-state index in [1.54, 1.807) is 18.0 Å². The molecule has 0 atom stereocenters. The number of hydrogen-bond donors (Lipinski definition) is 1. The molecule has 0 fully saturated rings. The monoisotopic (exact) mass is 298 g/mol. The summed E-state index contributed by atoms with van der Waals surface area (Å²) in [5, 5.41) is 4.80. The van der Waals surface area contributed by atoms with Gasteiger partial charge in [0, 0.05) is 5.56 Å². The van der Waals surface area contributed by atoms with Crippen LogP contribution in [0.2, 0.25) is 0 Å². The van der Waals surface area contributed by atoms with Crippen LogP contribution in [0.3, 0.4) is 0 Å². The number of rotatable bonds is 2. The van der Waals surface area contributed by atoms with E-state index >= 15 is 0 Å². The van der Waals surface area contributed by atoms with Crippen molar-refractivity contribution in [3.05, 3.63) is 40.8 Å². The van der Waals surface area contributed by atoms with E-state index in [0.29, 0.717) is 16.9 Å². The van der Waals surface area contributed by atoms with E-state index < -0.39 is 0 Å². The van der Waals surface area contributed by atoms with Crippen LogP contribution in [0.5, 0.6) is 5.75 Å². The highest BCUT2D eigenvalue weighted by Crippen LogP contribution is 2.22. The topological polar surface area (TPSA) is 72.8 Å². The maximum Gasteiger partial charge on any atom is 0.262 e. The molecule has 0 aliphatic rings. The summed E-state index contributed by atoms with van der Waals surface area (Å²) < 4.78 is 6.91. The number of nitrogens with zero attached hydrogens (tertiary/aromatic N) is 3. The molecule has 0 bridgehead atoms. The summed E-state index contributed by atoms with van der Waals surface area (Å²) in [5.41, 5.74) is 0.967. The summed E-state index contributed by atoms with van der Waals surface area (Å²) in [6.07, 6.45) is 1.56. The summed E-state index contributed by atoms with van der Waals surface area (Å²) in [4.78, 5) is 19.7. The number of fused-ring (bicyclic) bond motifs is 1. The molecule has 0 unspecified atom stereocenters. The number of ether oxygens (including phenoxy) is 1. The van der Waals surface area contributed by atoms with E-state index in [-0.39, 0.29) is 11.1 Å². The van der Waals surface area contributed by atoms with E-state index in [4.69, 9.17) is 4.74 Å². The van der Waals surface area contributed by atoms with Crippen LogP contribution in [0.4, 0.5) is 0 Å². The fourth-order valence-corrected chi connectivity index (χ4v) is 2.29. The first-order chi connectivity index (χ1) is 10.4. The van der Waals surface area contributed by atoms with Crippen molar-refractivity contribution < 1.29 is 4.74 Å². The molecule has 6 heteroatoms. The van der Waals surface area contributed by atoms with Gasteiger partial charge in [-0.2, -0.15) is 5.10 Å². The second-order valence-corrected chi connectivity index (χ2v) is 6.11. The number of hydrogen-bond acceptors (Lipinski definition) is 4. The van der Waals surface area contributed by atoms with Crippen LogP contribution in [-0.4, -0.2) is 26.9 Å². The van der Waals surface area contributed by atoms with Crippen LogP contribution < -0.4 is 10.3 Å². The fourth-order valence-electron chi connectivity index (χ4n) is 2.29. The number of methoxy groups -OCH3 is 1. The summed E-state index contributed by atoms with van der Waals surface area (Å²) in [7, 11) is 1.61. The first kappa shape index (κ1) is 14.3. The molecule has 2 heterocycles. The quantitative estimate of drug-likeness (QED) is 0.789. The zero-order chi connectivity index (χ0) is 15.9. The van der Waals surface area contributed by atoms with Gasteiger partial charge in [-0.1, -0.05) is 0 Å². The van der Waals surface area contributed by atoms with E-state index in [2.05, 4.69) is 15.1 Å². The molecular weight excluding hydrogens is 280 g/mol. The molecule has 0 saturated heterocycles. The van der Waals surface area contributed by atoms with Gasteiger partial charge in [0.25, 0.3) is 5.56 Å². The molecule has 0 radical (unpaired) electrons. The Morgan fingerprint density at radius 1 is 1.18 bits per heavy atom. The number of H-pyrrole nitrogens is 1. The van der Waals surface area contributed by atoms with Crippen LogP contribution in [0.1, 0.15) is 20.8 Å². The summed E-state index contributed by atoms with van der Waals surface area (Å²) in [6, 6.07) is 7.39. The van der Waals surface area contributed by atoms with E-state index in [1.807, 2.05) is 45.0 Å². The Kier molecular flexibility index (Phi) is 3.24. The van der Waals surface area contributed by atoms with Crippen molar-refractivity contribution in [2.75, 3.05) is 7.11 Å². The van der Waals surface area contributed by atoms with E-state index in [0.717, 1.165) is 11.3 Å². The second-order valence-electron chi connectivity index (χ2n) is 6.11. The molecule has 114 valence electrons. The number of aromatic amines is 1. The van der Waals surface area contributed by atoms with Gasteiger partial charge in [-0.05, 0) is 45.0 Å². The van der Waals surface area contributed by atoms with Gasteiger partial charge in [0.05, 0.1) is 18.8 Å². The van der Waals surface area contributed by atoms with Crippen LogP contribution in [0.15, 0.2) is 35.3 Å². The summed E-state index contributed by atoms with van der Waals surface area (Å²) in [6.45, 7) is 6.07. The maximum atomic E-state index is 12.3. The zero-order valence-corrected chi connectivity index (χ0v) is 13.0. The molecule has 22 heavy (non-hydrogen) atoms. The first-order valence-corrected chi connectivity index (χ1v) is 7.03. The first-order valence-electron chi connectivity index (χ1n) is 7.03. The molecule has 2 aromatic heterocycles. The van der Waals surface area contributed by atoms with E-state index in [9.17, 15) is 4.79 Å². The Balaban J connectivity index is 2.20. The van der Waals surface area contributed by atoms with Gasteiger partial charge in [0.2, 0.25) is 0 Å². The van der Waals surface area contributed by atoms with Crippen LogP contribution >= 0.6 is 0 Å². The van der Waals surface area contributed by atoms with Crippen molar-refractivity contribution in [2.24, 2.45) is 0 Å². The fraction of sp³-hybridized carbons (Fsp3) is 0.312. The molecule has 0 aliphatic heterocycles. The number of aromatic nitrogens is 4. The highest BCUT2D eigenvalue weighted by atomic mass is 16.5. The lowest BCUT2D eigenvalue weighted by Gasteiger charge is -2.19. The predicted molar refractivity (Wildman–Crippen MR) is 85.1 cm³/mol. The largest absolute Gasteiger partial charge is 0.497 e. The van der Waals surface area contributed by atoms with Crippen molar-refractivity contribution in [3.63, 3.8) is 0 Å². The molecule has 3 aromatic rings. The van der Waals surface area contributed by atoms with Gasteiger partial charge < -0.3 is 9.72 Å². The molecule has 0 aliphatic carbocycles. The highest BCUT2D eigenvalue weighted by molar-refractivity contribution is 5.76. The third-order valence-corrected chi connectivity index (χ3v) is 3.44. The van der Waals surface area contributed by atoms with Crippen molar-refractivity contribution in [3.8, 4) is 17.1 Å². The highest BCUT2D eigenvalue weighted by Gasteiger charge is 2.20. The van der Waals surface area contributed by atoms with Crippen LogP contribution in [0, 0.1) is 0 Å². The van der Waals surface area contributed by atoms with Gasteiger partial charge in [-0.15, -0.1) is 0 Å². The average Bonchev–Trinajstić information content (AvgIpc) is 2.92. The Morgan fingerprint density at radius 3 is 2.45 bits per heavy atom. The van der Waals surface area contributed by atoms with Gasteiger partial charge in [-0.25, -0.2) is 9.67 Å². The molecule has 1 N–H and O–H groups in total. The molecular formula is C16H18N4O2. The minimum absolute atomic E-state index is 0.189. The Labute approximate surface area is 127 Å². The van der Waals surface area contributed by atoms with Gasteiger partial charge in [0.15, 0.2) is 5.65 Å². The molecule has 3 rings (SSSR count). The zero-order valence-electron chi connectivity index (χ0n) is 13.0. The summed E-state index contributed by atoms with van der Waals surface area (Å²) >= 11 is 0. The third-order valence-electron chi connectivity index (χ3n) is 3.44. The summed E-state index contributed by atoms with van der Waals surface area (Å²) in [5.74, 6) is 1.28. The van der Waals surface area contributed by atoms with Crippen LogP contribution in [0.25, 0.3) is 22.4 Å². The van der Waals surface area contributed by atoms with Crippen molar-refractivity contribution in [2.45, 2.75) is 26.3 Å². The third kappa shape index (κ3) is 2.36. The molecule has 0 saturated carbocycles. The van der Waals surface area contributed by atoms with Gasteiger partial charge in [-0.3, -0.25) is 4.79 Å². The van der Waals surface area contributed by atoms with E-state index in [1.165, 1.54) is 0 Å². The lowest BCUT2D eigenvalue weighted by atomic mass is 10.1. The Hall–Kier alpha value is -2.63. The smallest absolute Gasteiger partial charge is 0.262 e. The Morgan fingerprint density at radius 2 is 1.86 bits per heavy atom. The maximum absolute atomic E-state index is 12.3. The standard InChI is InChI=1S/C16H18N4O2/c1-16(2,3)20-14-12(9-17-20)15(21)19-13(18-14)10-5-7-11(22-4)8-6-10/h5-9H,1-4H3,(H,18,19,21). The lowest BCUT2D eigenvalue weighted by molar-refractivity contribution is 0.366. The number of nitrogens with one attached hydrogen (secondary N) is 1. The lowest BCUT2D eigenvalue weighted by Crippen LogP contribution is -2.24. The second kappa shape index (κ2) is 4.98. The Bertz CT molecular complexity index is 870. The minimum Gasteiger partial charge on any atom is -0.497 e. The normalized spacial score (nSPS) is 11.8. The van der Waals surface area contributed by atoms with Crippen molar-refractivity contribution in [1.29, 1.82) is 0 Å². The van der Waals surface area contributed by atoms with Gasteiger partial charge >= 0.3 is 0 Å². The van der Waals surface area contributed by atoms with Gasteiger partial charge in [0.1, 0.15) is 17.0 Å². The molecule has 0 spiro atoms. The molecule has 6 nitrogen and oxygen atoms in total. The average molecular weight is 298 g/mol. The van der Waals surface area contributed by atoms with Crippen molar-refractivity contribution in [1.82, 2.24) is 19.7 Å². The SMILES string of the molecule is COc1ccc(-c2nc3c(cnn3C(C)(C)C)c(=O)[nH]2)cc1. The molecule has 1 aromatic carbocycles. The van der Waals surface area contributed by atoms with Crippen molar-refractivity contribution >= 4 is 11.0 Å². The molecule has 0 amide bonds. The van der Waals surface area contributed by atoms with Crippen LogP contribution in [-0.2, 0) is 5.54 Å². The minimum atomic E-state index is -0.250.